The van der Waals surface area contributed by atoms with Crippen LogP contribution in [0, 0.1) is 17.5 Å². The fraction of sp³-hybridized carbons (Fsp3) is 0.222. The molecule has 100 valence electrons. The van der Waals surface area contributed by atoms with Crippen LogP contribution in [0.3, 0.4) is 0 Å². The molecule has 0 bridgehead atoms. The number of benzene rings is 1. The Morgan fingerprint density at radius 1 is 1.22 bits per heavy atom. The topological polar surface area (TPSA) is 89.3 Å². The summed E-state index contributed by atoms with van der Waals surface area (Å²) in [6, 6.07) is 1.34. The van der Waals surface area contributed by atoms with Crippen LogP contribution in [0.1, 0.15) is 10.4 Å². The van der Waals surface area contributed by atoms with Crippen LogP contribution in [0.25, 0.3) is 0 Å². The van der Waals surface area contributed by atoms with Crippen LogP contribution < -0.4 is 10.5 Å². The third kappa shape index (κ3) is 3.70. The number of rotatable bonds is 4. The van der Waals surface area contributed by atoms with E-state index in [1.54, 1.807) is 0 Å². The van der Waals surface area contributed by atoms with Gasteiger partial charge >= 0.3 is 0 Å². The average Bonchev–Trinajstić information content (AvgIpc) is 2.24. The van der Waals surface area contributed by atoms with Gasteiger partial charge in [-0.25, -0.2) is 26.7 Å². The number of nitrogens with one attached hydrogen (secondary N) is 1. The van der Waals surface area contributed by atoms with E-state index in [0.717, 1.165) is 6.07 Å². The standard InChI is InChI=1S/C9H9F3N2O3S/c10-6-2-1-5(7(11)8(6)12)9(15)14-3-4-18(13,16)17/h1-2H,3-4H2,(H,14,15)(H2,13,16,17). The summed E-state index contributed by atoms with van der Waals surface area (Å²) < 4.78 is 59.7. The van der Waals surface area contributed by atoms with Crippen LogP contribution >= 0.6 is 0 Å². The zero-order chi connectivity index (χ0) is 13.9. The molecule has 0 heterocycles. The SMILES string of the molecule is NS(=O)(=O)CCNC(=O)c1ccc(F)c(F)c1F. The molecule has 0 radical (unpaired) electrons. The number of halogens is 3. The van der Waals surface area contributed by atoms with E-state index in [4.69, 9.17) is 0 Å². The summed E-state index contributed by atoms with van der Waals surface area (Å²) in [4.78, 5) is 11.3. The number of sulfonamides is 1. The van der Waals surface area contributed by atoms with E-state index in [9.17, 15) is 26.4 Å². The Balaban J connectivity index is 2.77. The number of hydrogen-bond donors (Lipinski definition) is 2. The normalized spacial score (nSPS) is 11.3. The molecule has 0 aliphatic carbocycles. The van der Waals surface area contributed by atoms with Crippen LogP contribution in [0.4, 0.5) is 13.2 Å². The van der Waals surface area contributed by atoms with Gasteiger partial charge < -0.3 is 5.32 Å². The first-order valence-corrected chi connectivity index (χ1v) is 6.36. The molecular formula is C9H9F3N2O3S. The summed E-state index contributed by atoms with van der Waals surface area (Å²) in [6.07, 6.45) is 0. The molecule has 9 heteroatoms. The maximum absolute atomic E-state index is 13.2. The fourth-order valence-electron chi connectivity index (χ4n) is 1.10. The van der Waals surface area contributed by atoms with Gasteiger partial charge in [0.15, 0.2) is 17.5 Å². The maximum Gasteiger partial charge on any atom is 0.254 e. The maximum atomic E-state index is 13.2. The number of carbonyl (C=O) groups is 1. The molecule has 3 N–H and O–H groups in total. The van der Waals surface area contributed by atoms with Gasteiger partial charge in [-0.15, -0.1) is 0 Å². The third-order valence-corrected chi connectivity index (χ3v) is 2.73. The lowest BCUT2D eigenvalue weighted by atomic mass is 10.2. The van der Waals surface area contributed by atoms with Crippen LogP contribution in [0.5, 0.6) is 0 Å². The van der Waals surface area contributed by atoms with Gasteiger partial charge in [0.1, 0.15) is 0 Å². The summed E-state index contributed by atoms with van der Waals surface area (Å²) in [6.45, 7) is -0.365. The first kappa shape index (κ1) is 14.5. The fourth-order valence-corrected chi connectivity index (χ4v) is 1.49. The highest BCUT2D eigenvalue weighted by molar-refractivity contribution is 7.89. The second-order valence-electron chi connectivity index (χ2n) is 3.35. The van der Waals surface area contributed by atoms with E-state index >= 15 is 0 Å². The van der Waals surface area contributed by atoms with Crippen LogP contribution in [-0.2, 0) is 10.0 Å². The molecule has 1 aromatic carbocycles. The third-order valence-electron chi connectivity index (χ3n) is 1.95. The molecule has 0 saturated heterocycles. The monoisotopic (exact) mass is 282 g/mol. The van der Waals surface area contributed by atoms with Crippen molar-refractivity contribution in [3.63, 3.8) is 0 Å². The Kier molecular flexibility index (Phi) is 4.30. The summed E-state index contributed by atoms with van der Waals surface area (Å²) >= 11 is 0. The van der Waals surface area contributed by atoms with E-state index < -0.39 is 44.7 Å². The number of hydrogen-bond acceptors (Lipinski definition) is 3. The van der Waals surface area contributed by atoms with E-state index in [-0.39, 0.29) is 6.54 Å². The molecule has 0 aliphatic heterocycles. The van der Waals surface area contributed by atoms with Crippen molar-refractivity contribution in [1.82, 2.24) is 5.32 Å². The van der Waals surface area contributed by atoms with Gasteiger partial charge in [0.2, 0.25) is 10.0 Å². The number of primary sulfonamides is 1. The van der Waals surface area contributed by atoms with Gasteiger partial charge in [-0.3, -0.25) is 4.79 Å². The van der Waals surface area contributed by atoms with Crippen molar-refractivity contribution in [2.45, 2.75) is 0 Å². The van der Waals surface area contributed by atoms with E-state index in [0.29, 0.717) is 6.07 Å². The molecule has 0 atom stereocenters. The Morgan fingerprint density at radius 3 is 2.39 bits per heavy atom. The molecule has 18 heavy (non-hydrogen) atoms. The zero-order valence-corrected chi connectivity index (χ0v) is 9.73. The molecule has 0 fully saturated rings. The number of amides is 1. The van der Waals surface area contributed by atoms with E-state index in [2.05, 4.69) is 5.14 Å². The summed E-state index contributed by atoms with van der Waals surface area (Å²) in [5, 5.41) is 6.69. The highest BCUT2D eigenvalue weighted by atomic mass is 32.2. The van der Waals surface area contributed by atoms with Crippen molar-refractivity contribution in [3.05, 3.63) is 35.1 Å². The summed E-state index contributed by atoms with van der Waals surface area (Å²) in [5.41, 5.74) is -0.719. The Morgan fingerprint density at radius 2 is 1.83 bits per heavy atom. The molecule has 0 aromatic heterocycles. The second-order valence-corrected chi connectivity index (χ2v) is 5.08. The molecule has 0 spiro atoms. The minimum absolute atomic E-state index is 0.365. The van der Waals surface area contributed by atoms with Gasteiger partial charge in [-0.05, 0) is 12.1 Å². The first-order valence-electron chi connectivity index (χ1n) is 4.64. The molecule has 5 nitrogen and oxygen atoms in total. The highest BCUT2D eigenvalue weighted by Gasteiger charge is 2.18. The Hall–Kier alpha value is -1.61. The van der Waals surface area contributed by atoms with Gasteiger partial charge in [-0.1, -0.05) is 0 Å². The molecule has 0 unspecified atom stereocenters. The Labute approximate surface area is 101 Å². The molecule has 1 amide bonds. The quantitative estimate of drug-likeness (QED) is 0.769. The smallest absolute Gasteiger partial charge is 0.254 e. The van der Waals surface area contributed by atoms with Crippen molar-refractivity contribution < 1.29 is 26.4 Å². The van der Waals surface area contributed by atoms with Crippen molar-refractivity contribution in [3.8, 4) is 0 Å². The van der Waals surface area contributed by atoms with Crippen molar-refractivity contribution in [2.75, 3.05) is 12.3 Å². The van der Waals surface area contributed by atoms with Gasteiger partial charge in [0.25, 0.3) is 5.91 Å². The van der Waals surface area contributed by atoms with Crippen LogP contribution in [0.2, 0.25) is 0 Å². The van der Waals surface area contributed by atoms with Gasteiger partial charge in [-0.2, -0.15) is 0 Å². The van der Waals surface area contributed by atoms with Crippen molar-refractivity contribution >= 4 is 15.9 Å². The first-order chi connectivity index (χ1) is 8.22. The Bertz CT molecular complexity index is 575. The largest absolute Gasteiger partial charge is 0.351 e. The highest BCUT2D eigenvalue weighted by Crippen LogP contribution is 2.14. The van der Waals surface area contributed by atoms with Gasteiger partial charge in [0.05, 0.1) is 11.3 Å². The van der Waals surface area contributed by atoms with Crippen LogP contribution in [-0.4, -0.2) is 26.6 Å². The van der Waals surface area contributed by atoms with Gasteiger partial charge in [0, 0.05) is 6.54 Å². The molecule has 0 saturated carbocycles. The molecular weight excluding hydrogens is 273 g/mol. The predicted octanol–water partition coefficient (Wildman–Crippen LogP) is 0.122. The van der Waals surface area contributed by atoms with E-state index in [1.165, 1.54) is 0 Å². The minimum atomic E-state index is -3.77. The van der Waals surface area contributed by atoms with Crippen molar-refractivity contribution in [2.24, 2.45) is 5.14 Å². The molecule has 1 aromatic rings. The second kappa shape index (κ2) is 5.36. The molecule has 1 rings (SSSR count). The minimum Gasteiger partial charge on any atom is -0.351 e. The van der Waals surface area contributed by atoms with Crippen molar-refractivity contribution in [1.29, 1.82) is 0 Å². The predicted molar refractivity (Wildman–Crippen MR) is 56.6 cm³/mol. The number of carbonyl (C=O) groups excluding carboxylic acids is 1. The lowest BCUT2D eigenvalue weighted by Gasteiger charge is -2.06. The summed E-state index contributed by atoms with van der Waals surface area (Å²) in [5.74, 6) is -6.44. The molecule has 0 aliphatic rings. The lowest BCUT2D eigenvalue weighted by molar-refractivity contribution is 0.0951. The number of nitrogens with two attached hydrogens (primary N) is 1. The van der Waals surface area contributed by atoms with E-state index in [1.807, 2.05) is 5.32 Å². The van der Waals surface area contributed by atoms with Crippen LogP contribution in [0.15, 0.2) is 12.1 Å². The zero-order valence-electron chi connectivity index (χ0n) is 8.91. The average molecular weight is 282 g/mol. The summed E-state index contributed by atoms with van der Waals surface area (Å²) in [7, 11) is -3.77. The lowest BCUT2D eigenvalue weighted by Crippen LogP contribution is -2.32.